The Morgan fingerprint density at radius 3 is 1.82 bits per heavy atom. The second-order valence-corrected chi connectivity index (χ2v) is 10.4. The van der Waals surface area contributed by atoms with E-state index in [0.29, 0.717) is 17.7 Å². The largest absolute Gasteiger partial charge is 0.507 e. The molecule has 0 radical (unpaired) electrons. The zero-order valence-electron chi connectivity index (χ0n) is 20.5. The number of hydrogen-bond acceptors (Lipinski definition) is 2. The fourth-order valence-corrected chi connectivity index (χ4v) is 5.78. The zero-order chi connectivity index (χ0) is 22.7. The highest BCUT2D eigenvalue weighted by atomic mass is 16.3. The van der Waals surface area contributed by atoms with Crippen molar-refractivity contribution in [3.05, 3.63) is 53.6 Å². The third kappa shape index (κ3) is 7.19. The lowest BCUT2D eigenvalue weighted by Crippen LogP contribution is -2.10. The van der Waals surface area contributed by atoms with Gasteiger partial charge in [0.2, 0.25) is 0 Å². The van der Waals surface area contributed by atoms with Crippen LogP contribution in [0.4, 0.5) is 0 Å². The van der Waals surface area contributed by atoms with E-state index in [1.165, 1.54) is 114 Å². The molecule has 178 valence electrons. The summed E-state index contributed by atoms with van der Waals surface area (Å²) in [6.07, 6.45) is 22.7. The average molecular weight is 446 g/mol. The lowest BCUT2D eigenvalue weighted by atomic mass is 9.84. The topological polar surface area (TPSA) is 32.6 Å². The van der Waals surface area contributed by atoms with E-state index in [4.69, 9.17) is 4.99 Å². The van der Waals surface area contributed by atoms with Gasteiger partial charge < -0.3 is 5.11 Å². The Bertz CT molecular complexity index is 854. The first-order valence-corrected chi connectivity index (χ1v) is 13.8. The predicted molar refractivity (Wildman–Crippen MR) is 142 cm³/mol. The van der Waals surface area contributed by atoms with Crippen LogP contribution in [-0.4, -0.2) is 17.4 Å². The molecule has 2 aromatic carbocycles. The summed E-state index contributed by atoms with van der Waals surface area (Å²) in [6.45, 7) is 0. The van der Waals surface area contributed by atoms with Crippen LogP contribution in [0.2, 0.25) is 0 Å². The number of aliphatic imine (C=N–C) groups is 1. The highest BCUT2D eigenvalue weighted by molar-refractivity contribution is 5.87. The van der Waals surface area contributed by atoms with Crippen LogP contribution in [0, 0.1) is 0 Å². The lowest BCUT2D eigenvalue weighted by molar-refractivity contribution is 0.431. The Kier molecular flexibility index (Phi) is 9.45. The van der Waals surface area contributed by atoms with Crippen LogP contribution in [0.15, 0.2) is 47.5 Å². The molecule has 0 saturated heterocycles. The minimum atomic E-state index is 0.420. The van der Waals surface area contributed by atoms with E-state index < -0.39 is 0 Å². The highest BCUT2D eigenvalue weighted by Crippen LogP contribution is 2.39. The van der Waals surface area contributed by atoms with Gasteiger partial charge in [-0.3, -0.25) is 4.99 Å². The third-order valence-electron chi connectivity index (χ3n) is 7.82. The summed E-state index contributed by atoms with van der Waals surface area (Å²) in [5.41, 5.74) is 4.49. The first kappa shape index (κ1) is 24.0. The third-order valence-corrected chi connectivity index (χ3v) is 7.82. The van der Waals surface area contributed by atoms with E-state index in [9.17, 15) is 5.11 Å². The maximum atomic E-state index is 11.4. The molecule has 4 rings (SSSR count). The number of nitrogens with zero attached hydrogens (tertiary/aromatic N) is 1. The van der Waals surface area contributed by atoms with Crippen LogP contribution in [0.5, 0.6) is 5.75 Å². The number of phenolic OH excluding ortho intramolecular Hbond substituents is 1. The summed E-state index contributed by atoms with van der Waals surface area (Å²) in [6, 6.07) is 15.5. The number of benzene rings is 2. The molecule has 2 aromatic rings. The van der Waals surface area contributed by atoms with Crippen molar-refractivity contribution < 1.29 is 5.11 Å². The van der Waals surface area contributed by atoms with Crippen molar-refractivity contribution in [1.29, 1.82) is 0 Å². The lowest BCUT2D eigenvalue weighted by Gasteiger charge is -2.22. The predicted octanol–water partition coefficient (Wildman–Crippen LogP) is 9.20. The molecule has 2 aliphatic carbocycles. The van der Waals surface area contributed by atoms with Gasteiger partial charge in [-0.2, -0.15) is 0 Å². The first-order valence-electron chi connectivity index (χ1n) is 13.8. The summed E-state index contributed by atoms with van der Waals surface area (Å²) < 4.78 is 0. The van der Waals surface area contributed by atoms with Gasteiger partial charge in [-0.1, -0.05) is 107 Å². The molecule has 33 heavy (non-hydrogen) atoms. The molecule has 2 saturated carbocycles. The molecule has 0 aliphatic heterocycles. The maximum Gasteiger partial charge on any atom is 0.127 e. The van der Waals surface area contributed by atoms with E-state index >= 15 is 0 Å². The van der Waals surface area contributed by atoms with Crippen molar-refractivity contribution >= 4 is 6.21 Å². The minimum Gasteiger partial charge on any atom is -0.507 e. The summed E-state index contributed by atoms with van der Waals surface area (Å²) in [5.74, 6) is 0.918. The Morgan fingerprint density at radius 1 is 0.636 bits per heavy atom. The number of hydrogen-bond donors (Lipinski definition) is 1. The van der Waals surface area contributed by atoms with Crippen LogP contribution >= 0.6 is 0 Å². The molecule has 2 fully saturated rings. The summed E-state index contributed by atoms with van der Waals surface area (Å²) in [5, 5.41) is 11.4. The number of phenols is 1. The Morgan fingerprint density at radius 2 is 1.18 bits per heavy atom. The van der Waals surface area contributed by atoms with Crippen LogP contribution in [-0.2, 0) is 0 Å². The Hall–Kier alpha value is -2.09. The van der Waals surface area contributed by atoms with Gasteiger partial charge in [-0.25, -0.2) is 0 Å². The van der Waals surface area contributed by atoms with Gasteiger partial charge in [-0.15, -0.1) is 0 Å². The van der Waals surface area contributed by atoms with E-state index in [-0.39, 0.29) is 0 Å². The summed E-state index contributed by atoms with van der Waals surface area (Å²) in [7, 11) is 0. The standard InChI is InChI=1S/C31H43NO/c33-31-28(24-32-29-20-14-9-15-21-29)22-27(25-16-12-8-13-17-25)23-30(31)26-18-10-6-4-2-1-3-5-7-11-19-26/h8,12-13,16-17,22-24,26,29,33H,1-7,9-11,14-15,18-21H2. The maximum absolute atomic E-state index is 11.4. The van der Waals surface area contributed by atoms with E-state index in [0.717, 1.165) is 11.1 Å². The van der Waals surface area contributed by atoms with E-state index in [2.05, 4.69) is 42.5 Å². The van der Waals surface area contributed by atoms with Crippen LogP contribution in [0.1, 0.15) is 120 Å². The second-order valence-electron chi connectivity index (χ2n) is 10.4. The Labute approximate surface area is 201 Å². The molecular weight excluding hydrogens is 402 g/mol. The van der Waals surface area contributed by atoms with Crippen molar-refractivity contribution in [2.75, 3.05) is 0 Å². The van der Waals surface area contributed by atoms with Crippen LogP contribution < -0.4 is 0 Å². The Balaban J connectivity index is 1.64. The molecule has 2 aliphatic rings. The zero-order valence-corrected chi connectivity index (χ0v) is 20.5. The van der Waals surface area contributed by atoms with Gasteiger partial charge in [0.1, 0.15) is 5.75 Å². The van der Waals surface area contributed by atoms with Gasteiger partial charge in [-0.05, 0) is 60.4 Å². The fraction of sp³-hybridized carbons (Fsp3) is 0.581. The van der Waals surface area contributed by atoms with Gasteiger partial charge in [0.15, 0.2) is 0 Å². The van der Waals surface area contributed by atoms with Gasteiger partial charge in [0.05, 0.1) is 0 Å². The van der Waals surface area contributed by atoms with Gasteiger partial charge >= 0.3 is 0 Å². The van der Waals surface area contributed by atoms with Crippen molar-refractivity contribution in [2.24, 2.45) is 4.99 Å². The first-order chi connectivity index (χ1) is 16.3. The molecular formula is C31H43NO. The second kappa shape index (κ2) is 13.0. The monoisotopic (exact) mass is 445 g/mol. The quantitative estimate of drug-likeness (QED) is 0.467. The fourth-order valence-electron chi connectivity index (χ4n) is 5.78. The van der Waals surface area contributed by atoms with Crippen LogP contribution in [0.25, 0.3) is 11.1 Å². The molecule has 0 heterocycles. The molecule has 0 aromatic heterocycles. The normalized spacial score (nSPS) is 20.4. The number of aromatic hydroxyl groups is 1. The molecule has 0 amide bonds. The smallest absolute Gasteiger partial charge is 0.127 e. The summed E-state index contributed by atoms with van der Waals surface area (Å²) >= 11 is 0. The molecule has 2 heteroatoms. The summed E-state index contributed by atoms with van der Waals surface area (Å²) in [4.78, 5) is 4.93. The van der Waals surface area contributed by atoms with E-state index in [1.807, 2.05) is 6.21 Å². The van der Waals surface area contributed by atoms with Gasteiger partial charge in [0, 0.05) is 17.8 Å². The molecule has 0 spiro atoms. The average Bonchev–Trinajstić information content (AvgIpc) is 2.85. The van der Waals surface area contributed by atoms with Crippen LogP contribution in [0.3, 0.4) is 0 Å². The van der Waals surface area contributed by atoms with Crippen molar-refractivity contribution in [2.45, 2.75) is 115 Å². The van der Waals surface area contributed by atoms with Crippen molar-refractivity contribution in [1.82, 2.24) is 0 Å². The molecule has 0 unspecified atom stereocenters. The minimum absolute atomic E-state index is 0.420. The molecule has 0 bridgehead atoms. The molecule has 0 atom stereocenters. The van der Waals surface area contributed by atoms with Crippen molar-refractivity contribution in [3.8, 4) is 16.9 Å². The van der Waals surface area contributed by atoms with E-state index in [1.54, 1.807) is 0 Å². The molecule has 1 N–H and O–H groups in total. The highest BCUT2D eigenvalue weighted by Gasteiger charge is 2.20. The molecule has 2 nitrogen and oxygen atoms in total. The van der Waals surface area contributed by atoms with Gasteiger partial charge in [0.25, 0.3) is 0 Å². The van der Waals surface area contributed by atoms with Crippen molar-refractivity contribution in [3.63, 3.8) is 0 Å². The SMILES string of the molecule is Oc1c(C=NC2CCCCC2)cc(-c2ccccc2)cc1C1CCCCCCCCCCC1. The number of rotatable bonds is 4.